The van der Waals surface area contributed by atoms with Crippen molar-refractivity contribution in [3.63, 3.8) is 0 Å². The summed E-state index contributed by atoms with van der Waals surface area (Å²) in [7, 11) is -3.80. The van der Waals surface area contributed by atoms with E-state index in [-0.39, 0.29) is 34.8 Å². The van der Waals surface area contributed by atoms with Gasteiger partial charge in [-0.3, -0.25) is 4.79 Å². The molecule has 0 spiro atoms. The van der Waals surface area contributed by atoms with Gasteiger partial charge in [0.25, 0.3) is 0 Å². The molecule has 0 unspecified atom stereocenters. The second kappa shape index (κ2) is 6.76. The number of benzene rings is 2. The van der Waals surface area contributed by atoms with Crippen molar-refractivity contribution in [1.29, 1.82) is 0 Å². The van der Waals surface area contributed by atoms with Gasteiger partial charge in [0.05, 0.1) is 10.6 Å². The van der Waals surface area contributed by atoms with Crippen molar-refractivity contribution in [3.05, 3.63) is 63.3 Å². The van der Waals surface area contributed by atoms with Crippen LogP contribution in [0.25, 0.3) is 0 Å². The van der Waals surface area contributed by atoms with Crippen molar-refractivity contribution in [3.8, 4) is 11.5 Å². The number of anilines is 1. The minimum absolute atomic E-state index is 0.0959. The molecule has 1 atom stereocenters. The lowest BCUT2D eigenvalue weighted by Crippen LogP contribution is -2.23. The summed E-state index contributed by atoms with van der Waals surface area (Å²) in [6, 6.07) is 11.5. The highest BCUT2D eigenvalue weighted by Gasteiger charge is 2.35. The molecular formula is C20H14ClNO5S2. The second-order valence-electron chi connectivity index (χ2n) is 6.71. The molecular weight excluding hydrogens is 434 g/mol. The van der Waals surface area contributed by atoms with Gasteiger partial charge in [0.15, 0.2) is 11.5 Å². The SMILES string of the molecule is O=C1C[C@@H](c2ccc3c(c2)OCO3)c2scc(S(=O)(=O)c3ccc(Cl)cc3)c2N1. The van der Waals surface area contributed by atoms with Gasteiger partial charge in [0.1, 0.15) is 4.90 Å². The first-order valence-corrected chi connectivity index (χ1v) is 11.5. The standard InChI is InChI=1S/C20H14ClNO5S2/c21-12-2-4-13(5-3-12)29(24,25)17-9-28-20-14(8-18(23)22-19(17)20)11-1-6-15-16(7-11)27-10-26-15/h1-7,9,14H,8,10H2,(H,22,23)/t14-/m0/s1. The molecule has 0 saturated carbocycles. The molecule has 0 saturated heterocycles. The minimum atomic E-state index is -3.80. The lowest BCUT2D eigenvalue weighted by Gasteiger charge is -2.24. The van der Waals surface area contributed by atoms with Crippen LogP contribution in [0.3, 0.4) is 0 Å². The molecule has 0 radical (unpaired) electrons. The zero-order chi connectivity index (χ0) is 20.2. The number of ether oxygens (including phenoxy) is 2. The Morgan fingerprint density at radius 1 is 1.07 bits per heavy atom. The number of fused-ring (bicyclic) bond motifs is 2. The van der Waals surface area contributed by atoms with Crippen molar-refractivity contribution >= 4 is 44.4 Å². The molecule has 1 amide bonds. The van der Waals surface area contributed by atoms with Gasteiger partial charge in [0.2, 0.25) is 22.5 Å². The van der Waals surface area contributed by atoms with Gasteiger partial charge in [-0.15, -0.1) is 11.3 Å². The smallest absolute Gasteiger partial charge is 0.231 e. The average Bonchev–Trinajstić information content (AvgIpc) is 3.34. The van der Waals surface area contributed by atoms with Crippen LogP contribution < -0.4 is 14.8 Å². The zero-order valence-corrected chi connectivity index (χ0v) is 17.2. The number of amides is 1. The van der Waals surface area contributed by atoms with Crippen molar-refractivity contribution < 1.29 is 22.7 Å². The first kappa shape index (κ1) is 18.5. The molecule has 3 heterocycles. The monoisotopic (exact) mass is 447 g/mol. The number of hydrogen-bond donors (Lipinski definition) is 1. The van der Waals surface area contributed by atoms with Crippen LogP contribution in [-0.4, -0.2) is 21.1 Å². The number of rotatable bonds is 3. The lowest BCUT2D eigenvalue weighted by molar-refractivity contribution is -0.116. The maximum atomic E-state index is 13.2. The normalized spacial score (nSPS) is 17.7. The van der Waals surface area contributed by atoms with E-state index in [2.05, 4.69) is 5.32 Å². The van der Waals surface area contributed by atoms with Gasteiger partial charge in [-0.2, -0.15) is 0 Å². The van der Waals surface area contributed by atoms with Crippen LogP contribution in [0, 0.1) is 0 Å². The van der Waals surface area contributed by atoms with Crippen LogP contribution in [0.4, 0.5) is 5.69 Å². The molecule has 29 heavy (non-hydrogen) atoms. The Bertz CT molecular complexity index is 1230. The third-order valence-electron chi connectivity index (χ3n) is 4.97. The Morgan fingerprint density at radius 2 is 1.83 bits per heavy atom. The van der Waals surface area contributed by atoms with Gasteiger partial charge in [-0.05, 0) is 42.0 Å². The highest BCUT2D eigenvalue weighted by atomic mass is 35.5. The first-order valence-electron chi connectivity index (χ1n) is 8.75. The fraction of sp³-hybridized carbons (Fsp3) is 0.150. The van der Waals surface area contributed by atoms with Gasteiger partial charge < -0.3 is 14.8 Å². The number of nitrogens with one attached hydrogen (secondary N) is 1. The molecule has 0 bridgehead atoms. The molecule has 0 fully saturated rings. The molecule has 2 aliphatic rings. The molecule has 5 rings (SSSR count). The third kappa shape index (κ3) is 3.08. The number of carbonyl (C=O) groups excluding carboxylic acids is 1. The van der Waals surface area contributed by atoms with Crippen LogP contribution in [0.1, 0.15) is 22.8 Å². The van der Waals surface area contributed by atoms with Gasteiger partial charge in [-0.1, -0.05) is 17.7 Å². The molecule has 3 aromatic rings. The van der Waals surface area contributed by atoms with Crippen LogP contribution in [0.2, 0.25) is 5.02 Å². The van der Waals surface area contributed by atoms with E-state index >= 15 is 0 Å². The van der Waals surface area contributed by atoms with E-state index in [0.29, 0.717) is 22.2 Å². The molecule has 1 N–H and O–H groups in total. The Hall–Kier alpha value is -2.55. The van der Waals surface area contributed by atoms with E-state index in [9.17, 15) is 13.2 Å². The van der Waals surface area contributed by atoms with E-state index < -0.39 is 9.84 Å². The number of thiophene rings is 1. The maximum Gasteiger partial charge on any atom is 0.231 e. The fourth-order valence-corrected chi connectivity index (χ4v) is 6.58. The van der Waals surface area contributed by atoms with Crippen molar-refractivity contribution in [2.24, 2.45) is 0 Å². The average molecular weight is 448 g/mol. The van der Waals surface area contributed by atoms with Gasteiger partial charge in [-0.25, -0.2) is 8.42 Å². The van der Waals surface area contributed by atoms with Crippen LogP contribution in [-0.2, 0) is 14.6 Å². The predicted molar refractivity (Wildman–Crippen MR) is 109 cm³/mol. The Kier molecular flexibility index (Phi) is 4.31. The maximum absolute atomic E-state index is 13.2. The number of halogens is 1. The van der Waals surface area contributed by atoms with Crippen molar-refractivity contribution in [2.75, 3.05) is 12.1 Å². The molecule has 0 aliphatic carbocycles. The Morgan fingerprint density at radius 3 is 2.62 bits per heavy atom. The van der Waals surface area contributed by atoms with E-state index in [4.69, 9.17) is 21.1 Å². The third-order valence-corrected chi connectivity index (χ3v) is 8.26. The fourth-order valence-electron chi connectivity index (χ4n) is 3.54. The summed E-state index contributed by atoms with van der Waals surface area (Å²) in [6.45, 7) is 0.164. The summed E-state index contributed by atoms with van der Waals surface area (Å²) in [5.74, 6) is 0.797. The number of hydrogen-bond acceptors (Lipinski definition) is 6. The second-order valence-corrected chi connectivity index (χ2v) is 9.98. The highest BCUT2D eigenvalue weighted by molar-refractivity contribution is 7.91. The largest absolute Gasteiger partial charge is 0.454 e. The van der Waals surface area contributed by atoms with E-state index in [1.807, 2.05) is 18.2 Å². The molecule has 148 valence electrons. The van der Waals surface area contributed by atoms with Crippen LogP contribution >= 0.6 is 22.9 Å². The van der Waals surface area contributed by atoms with Crippen molar-refractivity contribution in [1.82, 2.24) is 0 Å². The molecule has 1 aromatic heterocycles. The summed E-state index contributed by atoms with van der Waals surface area (Å²) < 4.78 is 37.1. The van der Waals surface area contributed by atoms with E-state index in [1.54, 1.807) is 5.38 Å². The van der Waals surface area contributed by atoms with E-state index in [1.165, 1.54) is 35.6 Å². The van der Waals surface area contributed by atoms with Crippen LogP contribution in [0.5, 0.6) is 11.5 Å². The van der Waals surface area contributed by atoms with Gasteiger partial charge in [0, 0.05) is 27.6 Å². The molecule has 9 heteroatoms. The zero-order valence-electron chi connectivity index (χ0n) is 14.8. The number of sulfone groups is 1. The highest BCUT2D eigenvalue weighted by Crippen LogP contribution is 2.47. The van der Waals surface area contributed by atoms with Crippen LogP contribution in [0.15, 0.2) is 57.6 Å². The lowest BCUT2D eigenvalue weighted by atomic mass is 9.90. The van der Waals surface area contributed by atoms with E-state index in [0.717, 1.165) is 10.4 Å². The van der Waals surface area contributed by atoms with Gasteiger partial charge >= 0.3 is 0 Å². The summed E-state index contributed by atoms with van der Waals surface area (Å²) >= 11 is 7.20. The molecule has 2 aromatic carbocycles. The summed E-state index contributed by atoms with van der Waals surface area (Å²) in [5.41, 5.74) is 1.23. The minimum Gasteiger partial charge on any atom is -0.454 e. The first-order chi connectivity index (χ1) is 13.9. The Balaban J connectivity index is 1.59. The summed E-state index contributed by atoms with van der Waals surface area (Å²) in [6.07, 6.45) is 0.230. The molecule has 6 nitrogen and oxygen atoms in total. The topological polar surface area (TPSA) is 81.7 Å². The summed E-state index contributed by atoms with van der Waals surface area (Å²) in [5, 5.41) is 4.79. The van der Waals surface area contributed by atoms with Crippen molar-refractivity contribution in [2.45, 2.75) is 22.1 Å². The quantitative estimate of drug-likeness (QED) is 0.642. The molecule has 2 aliphatic heterocycles. The predicted octanol–water partition coefficient (Wildman–Crippen LogP) is 4.44. The number of carbonyl (C=O) groups is 1. The summed E-state index contributed by atoms with van der Waals surface area (Å²) in [4.78, 5) is 13.5. The Labute approximate surface area is 176 Å².